The summed E-state index contributed by atoms with van der Waals surface area (Å²) in [6.45, 7) is 0.941. The largest absolute Gasteiger partial charge is 0.398 e. The Labute approximate surface area is 184 Å². The van der Waals surface area contributed by atoms with Crippen LogP contribution < -0.4 is 16.0 Å². The second-order valence-electron chi connectivity index (χ2n) is 8.04. The Kier molecular flexibility index (Phi) is 8.34. The third-order valence-corrected chi connectivity index (χ3v) is 6.72. The molecule has 2 aliphatic rings. The van der Waals surface area contributed by atoms with E-state index in [1.54, 1.807) is 29.2 Å². The Hall–Kier alpha value is -2.10. The summed E-state index contributed by atoms with van der Waals surface area (Å²) in [5.74, 6) is -1.01. The Morgan fingerprint density at radius 3 is 2.23 bits per heavy atom. The number of rotatable bonds is 5. The summed E-state index contributed by atoms with van der Waals surface area (Å²) >= 11 is 0.651. The number of nitrogens with zero attached hydrogens (tertiary/aromatic N) is 1. The normalized spacial score (nSPS) is 18.5. The zero-order valence-electron chi connectivity index (χ0n) is 17.3. The summed E-state index contributed by atoms with van der Waals surface area (Å²) in [5.41, 5.74) is 0.369. The number of nitrogens with one attached hydrogen (secondary N) is 3. The lowest BCUT2D eigenvalue weighted by Crippen LogP contribution is -2.51. The molecule has 1 aliphatic heterocycles. The predicted octanol–water partition coefficient (Wildman–Crippen LogP) is 4.97. The van der Waals surface area contributed by atoms with Gasteiger partial charge in [-0.15, -0.1) is 11.8 Å². The van der Waals surface area contributed by atoms with Gasteiger partial charge in [0.15, 0.2) is 0 Å². The maximum absolute atomic E-state index is 12.6. The number of anilines is 1. The van der Waals surface area contributed by atoms with Gasteiger partial charge in [0.05, 0.1) is 11.4 Å². The van der Waals surface area contributed by atoms with E-state index in [1.165, 1.54) is 6.42 Å². The molecule has 1 saturated carbocycles. The Bertz CT molecular complexity index is 748. The van der Waals surface area contributed by atoms with Crippen LogP contribution in [0.5, 0.6) is 0 Å². The van der Waals surface area contributed by atoms with Crippen molar-refractivity contribution in [3.63, 3.8) is 0 Å². The lowest BCUT2D eigenvalue weighted by Gasteiger charge is -2.33. The van der Waals surface area contributed by atoms with Gasteiger partial charge in [-0.05, 0) is 37.8 Å². The Morgan fingerprint density at radius 1 is 0.968 bits per heavy atom. The van der Waals surface area contributed by atoms with Crippen LogP contribution in [0.3, 0.4) is 0 Å². The quantitative estimate of drug-likeness (QED) is 0.546. The van der Waals surface area contributed by atoms with Crippen molar-refractivity contribution in [3.05, 3.63) is 24.3 Å². The van der Waals surface area contributed by atoms with Gasteiger partial charge >= 0.3 is 18.2 Å². The van der Waals surface area contributed by atoms with Crippen molar-refractivity contribution >= 4 is 29.5 Å². The van der Waals surface area contributed by atoms with Crippen molar-refractivity contribution in [1.82, 2.24) is 15.5 Å². The molecule has 10 heteroatoms. The van der Waals surface area contributed by atoms with Crippen LogP contribution in [0.25, 0.3) is 0 Å². The minimum atomic E-state index is -4.28. The molecule has 0 atom stereocenters. The van der Waals surface area contributed by atoms with Gasteiger partial charge in [-0.3, -0.25) is 0 Å². The number of likely N-dealkylation sites (tertiary alicyclic amines) is 1. The van der Waals surface area contributed by atoms with E-state index in [-0.39, 0.29) is 24.1 Å². The van der Waals surface area contributed by atoms with E-state index in [9.17, 15) is 22.8 Å². The molecule has 1 aromatic rings. The summed E-state index contributed by atoms with van der Waals surface area (Å²) in [6.07, 6.45) is 2.56. The van der Waals surface area contributed by atoms with Crippen LogP contribution in [-0.2, 0) is 0 Å². The number of halogens is 3. The number of urea groups is 2. The highest BCUT2D eigenvalue weighted by molar-refractivity contribution is 7.99. The molecule has 6 nitrogen and oxygen atoms in total. The standard InChI is InChI=1S/C21H29F3N4O2S/c22-21(23,24)14-31-18-9-5-4-8-17(18)27-20(30)28-12-10-16(11-13-28)26-19(29)25-15-6-2-1-3-7-15/h4-5,8-9,15-16H,1-3,6-7,10-14H2,(H,27,30)(H2,25,26,29). The summed E-state index contributed by atoms with van der Waals surface area (Å²) in [7, 11) is 0. The fraction of sp³-hybridized carbons (Fsp3) is 0.619. The van der Waals surface area contributed by atoms with Crippen molar-refractivity contribution in [2.45, 2.75) is 68.1 Å². The predicted molar refractivity (Wildman–Crippen MR) is 115 cm³/mol. The number of thioether (sulfide) groups is 1. The molecule has 0 unspecified atom stereocenters. The average molecular weight is 459 g/mol. The third kappa shape index (κ3) is 7.83. The zero-order chi connectivity index (χ0) is 22.3. The molecule has 4 amide bonds. The van der Waals surface area contributed by atoms with Crippen LogP contribution in [0.2, 0.25) is 0 Å². The maximum Gasteiger partial charge on any atom is 0.398 e. The van der Waals surface area contributed by atoms with Crippen LogP contribution in [-0.4, -0.2) is 54.1 Å². The number of carbonyl (C=O) groups is 2. The molecule has 31 heavy (non-hydrogen) atoms. The van der Waals surface area contributed by atoms with E-state index >= 15 is 0 Å². The minimum absolute atomic E-state index is 0.00210. The van der Waals surface area contributed by atoms with Crippen LogP contribution in [0.1, 0.15) is 44.9 Å². The second kappa shape index (κ2) is 11.0. The number of alkyl halides is 3. The molecule has 0 spiro atoms. The van der Waals surface area contributed by atoms with Gasteiger partial charge in [-0.25, -0.2) is 9.59 Å². The van der Waals surface area contributed by atoms with Gasteiger partial charge in [0, 0.05) is 30.1 Å². The van der Waals surface area contributed by atoms with Gasteiger partial charge < -0.3 is 20.9 Å². The molecule has 1 heterocycles. The van der Waals surface area contributed by atoms with E-state index in [4.69, 9.17) is 0 Å². The van der Waals surface area contributed by atoms with E-state index in [0.717, 1.165) is 25.7 Å². The summed E-state index contributed by atoms with van der Waals surface area (Å²) in [6, 6.07) is 6.24. The van der Waals surface area contributed by atoms with Gasteiger partial charge in [0.2, 0.25) is 0 Å². The lowest BCUT2D eigenvalue weighted by atomic mass is 9.96. The molecule has 172 valence electrons. The first kappa shape index (κ1) is 23.6. The van der Waals surface area contributed by atoms with Crippen molar-refractivity contribution < 1.29 is 22.8 Å². The van der Waals surface area contributed by atoms with Gasteiger partial charge in [-0.1, -0.05) is 31.4 Å². The van der Waals surface area contributed by atoms with Crippen LogP contribution >= 0.6 is 11.8 Å². The number of amides is 4. The summed E-state index contributed by atoms with van der Waals surface area (Å²) in [5, 5.41) is 8.76. The second-order valence-corrected chi connectivity index (χ2v) is 9.06. The Balaban J connectivity index is 1.43. The maximum atomic E-state index is 12.6. The smallest absolute Gasteiger partial charge is 0.335 e. The van der Waals surface area contributed by atoms with Crippen molar-refractivity contribution in [2.24, 2.45) is 0 Å². The molecular weight excluding hydrogens is 429 g/mol. The molecule has 0 radical (unpaired) electrons. The topological polar surface area (TPSA) is 73.5 Å². The summed E-state index contributed by atoms with van der Waals surface area (Å²) in [4.78, 5) is 26.8. The first-order chi connectivity index (χ1) is 14.8. The lowest BCUT2D eigenvalue weighted by molar-refractivity contribution is -0.105. The molecule has 0 bridgehead atoms. The van der Waals surface area contributed by atoms with E-state index in [2.05, 4.69) is 16.0 Å². The Morgan fingerprint density at radius 2 is 1.58 bits per heavy atom. The SMILES string of the molecule is O=C(NC1CCCCC1)NC1CCN(C(=O)Nc2ccccc2SCC(F)(F)F)CC1. The molecular formula is C21H29F3N4O2S. The van der Waals surface area contributed by atoms with Gasteiger partial charge in [0.1, 0.15) is 0 Å². The average Bonchev–Trinajstić information content (AvgIpc) is 2.73. The van der Waals surface area contributed by atoms with E-state index in [0.29, 0.717) is 48.3 Å². The molecule has 3 rings (SSSR count). The fourth-order valence-corrected chi connectivity index (χ4v) is 4.70. The number of para-hydroxylation sites is 1. The molecule has 2 fully saturated rings. The van der Waals surface area contributed by atoms with Crippen LogP contribution in [0.4, 0.5) is 28.4 Å². The third-order valence-electron chi connectivity index (χ3n) is 5.58. The zero-order valence-corrected chi connectivity index (χ0v) is 18.2. The highest BCUT2D eigenvalue weighted by atomic mass is 32.2. The van der Waals surface area contributed by atoms with Gasteiger partial charge in [-0.2, -0.15) is 13.2 Å². The number of benzene rings is 1. The van der Waals surface area contributed by atoms with E-state index < -0.39 is 11.9 Å². The van der Waals surface area contributed by atoms with Crippen molar-refractivity contribution in [1.29, 1.82) is 0 Å². The van der Waals surface area contributed by atoms with Gasteiger partial charge in [0.25, 0.3) is 0 Å². The fourth-order valence-electron chi connectivity index (χ4n) is 3.94. The highest BCUT2D eigenvalue weighted by Gasteiger charge is 2.28. The molecule has 0 aromatic heterocycles. The summed E-state index contributed by atoms with van der Waals surface area (Å²) < 4.78 is 37.6. The molecule has 1 aliphatic carbocycles. The number of piperidine rings is 1. The highest BCUT2D eigenvalue weighted by Crippen LogP contribution is 2.32. The molecule has 1 aromatic carbocycles. The molecule has 1 saturated heterocycles. The van der Waals surface area contributed by atoms with Crippen molar-refractivity contribution in [2.75, 3.05) is 24.2 Å². The van der Waals surface area contributed by atoms with Crippen molar-refractivity contribution in [3.8, 4) is 0 Å². The number of hydrogen-bond donors (Lipinski definition) is 3. The first-order valence-electron chi connectivity index (χ1n) is 10.7. The number of carbonyl (C=O) groups excluding carboxylic acids is 2. The minimum Gasteiger partial charge on any atom is -0.335 e. The van der Waals surface area contributed by atoms with E-state index in [1.807, 2.05) is 0 Å². The molecule has 3 N–H and O–H groups in total. The van der Waals surface area contributed by atoms with Crippen LogP contribution in [0.15, 0.2) is 29.2 Å². The van der Waals surface area contributed by atoms with Crippen LogP contribution in [0, 0.1) is 0 Å². The first-order valence-corrected chi connectivity index (χ1v) is 11.7. The number of hydrogen-bond acceptors (Lipinski definition) is 3. The monoisotopic (exact) mass is 458 g/mol.